The standard InChI is InChI=1S/C16H18O4/c1-11(17)15-6-4-5-7-16(15)20-14-9-12(18-2)8-13(10-14)19-3/h4-11,17H,1-3H3/t11-/m1/s1. The molecule has 2 aromatic rings. The van der Waals surface area contributed by atoms with E-state index in [-0.39, 0.29) is 0 Å². The maximum absolute atomic E-state index is 9.75. The summed E-state index contributed by atoms with van der Waals surface area (Å²) in [5.41, 5.74) is 0.731. The summed E-state index contributed by atoms with van der Waals surface area (Å²) in [6.45, 7) is 1.70. The molecule has 0 aliphatic rings. The first-order chi connectivity index (χ1) is 9.63. The van der Waals surface area contributed by atoms with Crippen molar-refractivity contribution in [2.45, 2.75) is 13.0 Å². The Balaban J connectivity index is 2.34. The monoisotopic (exact) mass is 274 g/mol. The summed E-state index contributed by atoms with van der Waals surface area (Å²) in [5, 5.41) is 9.75. The molecule has 0 fully saturated rings. The lowest BCUT2D eigenvalue weighted by Crippen LogP contribution is -1.96. The zero-order chi connectivity index (χ0) is 14.5. The third-order valence-electron chi connectivity index (χ3n) is 2.92. The van der Waals surface area contributed by atoms with Crippen LogP contribution in [-0.4, -0.2) is 19.3 Å². The van der Waals surface area contributed by atoms with Crippen LogP contribution in [0.25, 0.3) is 0 Å². The summed E-state index contributed by atoms with van der Waals surface area (Å²) in [6.07, 6.45) is -0.598. The molecule has 0 amide bonds. The molecule has 0 aromatic heterocycles. The Kier molecular flexibility index (Phi) is 4.48. The first-order valence-corrected chi connectivity index (χ1v) is 6.32. The number of ether oxygens (including phenoxy) is 3. The van der Waals surface area contributed by atoms with Crippen molar-refractivity contribution >= 4 is 0 Å². The third kappa shape index (κ3) is 3.22. The predicted octanol–water partition coefficient (Wildman–Crippen LogP) is 3.55. The van der Waals surface area contributed by atoms with E-state index >= 15 is 0 Å². The van der Waals surface area contributed by atoms with Crippen LogP contribution in [0.2, 0.25) is 0 Å². The number of aliphatic hydroxyl groups is 1. The molecular formula is C16H18O4. The SMILES string of the molecule is COc1cc(OC)cc(Oc2ccccc2[C@@H](C)O)c1. The molecule has 4 nitrogen and oxygen atoms in total. The third-order valence-corrected chi connectivity index (χ3v) is 2.92. The highest BCUT2D eigenvalue weighted by Crippen LogP contribution is 2.33. The molecule has 0 heterocycles. The molecule has 0 saturated carbocycles. The van der Waals surface area contributed by atoms with E-state index in [0.717, 1.165) is 5.56 Å². The fraction of sp³-hybridized carbons (Fsp3) is 0.250. The quantitative estimate of drug-likeness (QED) is 0.905. The van der Waals surface area contributed by atoms with Gasteiger partial charge in [-0.25, -0.2) is 0 Å². The molecule has 4 heteroatoms. The number of hydrogen-bond donors (Lipinski definition) is 1. The minimum Gasteiger partial charge on any atom is -0.496 e. The van der Waals surface area contributed by atoms with Gasteiger partial charge in [-0.3, -0.25) is 0 Å². The maximum Gasteiger partial charge on any atom is 0.134 e. The molecule has 0 unspecified atom stereocenters. The van der Waals surface area contributed by atoms with Crippen molar-refractivity contribution in [2.75, 3.05) is 14.2 Å². The lowest BCUT2D eigenvalue weighted by Gasteiger charge is -2.14. The fourth-order valence-corrected chi connectivity index (χ4v) is 1.89. The van der Waals surface area contributed by atoms with E-state index in [1.54, 1.807) is 39.3 Å². The highest BCUT2D eigenvalue weighted by Gasteiger charge is 2.10. The highest BCUT2D eigenvalue weighted by atomic mass is 16.5. The Morgan fingerprint density at radius 2 is 1.45 bits per heavy atom. The van der Waals surface area contributed by atoms with E-state index in [9.17, 15) is 5.11 Å². The topological polar surface area (TPSA) is 47.9 Å². The van der Waals surface area contributed by atoms with Gasteiger partial charge >= 0.3 is 0 Å². The van der Waals surface area contributed by atoms with Gasteiger partial charge in [0.15, 0.2) is 0 Å². The number of aliphatic hydroxyl groups excluding tert-OH is 1. The van der Waals surface area contributed by atoms with Crippen LogP contribution in [0.1, 0.15) is 18.6 Å². The minimum absolute atomic E-state index is 0.592. The van der Waals surface area contributed by atoms with Crippen molar-refractivity contribution < 1.29 is 19.3 Å². The van der Waals surface area contributed by atoms with E-state index < -0.39 is 6.10 Å². The van der Waals surface area contributed by atoms with Gasteiger partial charge in [-0.05, 0) is 13.0 Å². The molecule has 0 aliphatic heterocycles. The van der Waals surface area contributed by atoms with Crippen molar-refractivity contribution in [3.8, 4) is 23.0 Å². The largest absolute Gasteiger partial charge is 0.496 e. The van der Waals surface area contributed by atoms with Crippen LogP contribution in [-0.2, 0) is 0 Å². The Hall–Kier alpha value is -2.20. The lowest BCUT2D eigenvalue weighted by molar-refractivity contribution is 0.195. The normalized spacial score (nSPS) is 11.8. The predicted molar refractivity (Wildman–Crippen MR) is 76.7 cm³/mol. The molecule has 0 aliphatic carbocycles. The van der Waals surface area contributed by atoms with Crippen LogP contribution in [0, 0.1) is 0 Å². The van der Waals surface area contributed by atoms with Crippen LogP contribution < -0.4 is 14.2 Å². The van der Waals surface area contributed by atoms with Gasteiger partial charge in [0.05, 0.1) is 20.3 Å². The van der Waals surface area contributed by atoms with Gasteiger partial charge in [-0.1, -0.05) is 18.2 Å². The summed E-state index contributed by atoms with van der Waals surface area (Å²) < 4.78 is 16.2. The first-order valence-electron chi connectivity index (χ1n) is 6.32. The van der Waals surface area contributed by atoms with Crippen LogP contribution in [0.5, 0.6) is 23.0 Å². The van der Waals surface area contributed by atoms with E-state index in [1.807, 2.05) is 24.3 Å². The molecule has 0 radical (unpaired) electrons. The fourth-order valence-electron chi connectivity index (χ4n) is 1.89. The van der Waals surface area contributed by atoms with Gasteiger partial charge in [-0.15, -0.1) is 0 Å². The second kappa shape index (κ2) is 6.30. The molecule has 0 saturated heterocycles. The van der Waals surface area contributed by atoms with E-state index in [2.05, 4.69) is 0 Å². The van der Waals surface area contributed by atoms with Crippen molar-refractivity contribution in [3.63, 3.8) is 0 Å². The number of hydrogen-bond acceptors (Lipinski definition) is 4. The molecule has 2 rings (SSSR count). The van der Waals surface area contributed by atoms with Crippen LogP contribution in [0.15, 0.2) is 42.5 Å². The second-order valence-corrected chi connectivity index (χ2v) is 4.36. The molecule has 0 spiro atoms. The smallest absolute Gasteiger partial charge is 0.134 e. The van der Waals surface area contributed by atoms with Crippen LogP contribution >= 0.6 is 0 Å². The van der Waals surface area contributed by atoms with Gasteiger partial charge in [0.2, 0.25) is 0 Å². The zero-order valence-corrected chi connectivity index (χ0v) is 11.8. The maximum atomic E-state index is 9.75. The van der Waals surface area contributed by atoms with Crippen molar-refractivity contribution in [1.82, 2.24) is 0 Å². The average Bonchev–Trinajstić information content (AvgIpc) is 2.47. The molecule has 0 bridgehead atoms. The summed E-state index contributed by atoms with van der Waals surface area (Å²) in [4.78, 5) is 0. The second-order valence-electron chi connectivity index (χ2n) is 4.36. The van der Waals surface area contributed by atoms with Crippen molar-refractivity contribution in [2.24, 2.45) is 0 Å². The molecule has 1 N–H and O–H groups in total. The summed E-state index contributed by atoms with van der Waals surface area (Å²) in [5.74, 6) is 2.50. The van der Waals surface area contributed by atoms with E-state index in [4.69, 9.17) is 14.2 Å². The van der Waals surface area contributed by atoms with Gasteiger partial charge in [-0.2, -0.15) is 0 Å². The number of methoxy groups -OCH3 is 2. The Morgan fingerprint density at radius 1 is 0.900 bits per heavy atom. The number of para-hydroxylation sites is 1. The number of rotatable bonds is 5. The number of benzene rings is 2. The van der Waals surface area contributed by atoms with E-state index in [1.165, 1.54) is 0 Å². The summed E-state index contributed by atoms with van der Waals surface area (Å²) in [6, 6.07) is 12.7. The minimum atomic E-state index is -0.598. The molecule has 106 valence electrons. The Morgan fingerprint density at radius 3 is 2.00 bits per heavy atom. The van der Waals surface area contributed by atoms with Crippen LogP contribution in [0.4, 0.5) is 0 Å². The zero-order valence-electron chi connectivity index (χ0n) is 11.8. The molecule has 2 aromatic carbocycles. The van der Waals surface area contributed by atoms with Crippen molar-refractivity contribution in [1.29, 1.82) is 0 Å². The van der Waals surface area contributed by atoms with E-state index in [0.29, 0.717) is 23.0 Å². The van der Waals surface area contributed by atoms with Crippen LogP contribution in [0.3, 0.4) is 0 Å². The first kappa shape index (κ1) is 14.2. The van der Waals surface area contributed by atoms with Gasteiger partial charge in [0.1, 0.15) is 23.0 Å². The van der Waals surface area contributed by atoms with Gasteiger partial charge < -0.3 is 19.3 Å². The molecule has 1 atom stereocenters. The highest BCUT2D eigenvalue weighted by molar-refractivity contribution is 5.45. The van der Waals surface area contributed by atoms with Gasteiger partial charge in [0.25, 0.3) is 0 Å². The summed E-state index contributed by atoms with van der Waals surface area (Å²) >= 11 is 0. The Bertz CT molecular complexity index is 556. The Labute approximate surface area is 118 Å². The summed E-state index contributed by atoms with van der Waals surface area (Å²) in [7, 11) is 3.17. The molecular weight excluding hydrogens is 256 g/mol. The average molecular weight is 274 g/mol. The molecule has 20 heavy (non-hydrogen) atoms. The van der Waals surface area contributed by atoms with Gasteiger partial charge in [0, 0.05) is 23.8 Å². The lowest BCUT2D eigenvalue weighted by atomic mass is 10.1. The van der Waals surface area contributed by atoms with Crippen molar-refractivity contribution in [3.05, 3.63) is 48.0 Å².